The van der Waals surface area contributed by atoms with Gasteiger partial charge in [0.25, 0.3) is 0 Å². The summed E-state index contributed by atoms with van der Waals surface area (Å²) in [6, 6.07) is 5.50. The third-order valence-electron chi connectivity index (χ3n) is 6.26. The van der Waals surface area contributed by atoms with Gasteiger partial charge in [-0.1, -0.05) is 11.2 Å². The number of aryl methyl sites for hydroxylation is 1. The fraction of sp³-hybridized carbons (Fsp3) is 0.346. The third-order valence-corrected chi connectivity index (χ3v) is 6.26. The van der Waals surface area contributed by atoms with Crippen LogP contribution < -0.4 is 4.84 Å². The van der Waals surface area contributed by atoms with E-state index in [1.807, 2.05) is 0 Å². The van der Waals surface area contributed by atoms with Crippen molar-refractivity contribution in [3.05, 3.63) is 82.7 Å². The van der Waals surface area contributed by atoms with Gasteiger partial charge in [-0.3, -0.25) is 9.78 Å². The molecule has 1 aliphatic heterocycles. The minimum absolute atomic E-state index is 0.0659. The van der Waals surface area contributed by atoms with Crippen molar-refractivity contribution in [2.75, 3.05) is 13.1 Å². The standard InChI is InChI=1S/C26H24F5N5O2/c1-15(35-38-18-6-9-32-23(12-18)26(29,30)31)20-14-33-16(2)34-25(20)17-7-10-36(11-8-17)24(37)13-19-21(27)4-3-5-22(19)28/h3-6,9,12,14,17H,7-8,10-11,13H2,1-2H3/b35-15+. The van der Waals surface area contributed by atoms with Gasteiger partial charge in [-0.05, 0) is 38.8 Å². The molecule has 0 bridgehead atoms. The molecule has 0 aliphatic carbocycles. The van der Waals surface area contributed by atoms with Crippen LogP contribution in [-0.4, -0.2) is 44.6 Å². The van der Waals surface area contributed by atoms with E-state index in [2.05, 4.69) is 20.1 Å². The molecule has 12 heteroatoms. The highest BCUT2D eigenvalue weighted by Gasteiger charge is 2.33. The molecule has 7 nitrogen and oxygen atoms in total. The molecule has 0 spiro atoms. The Morgan fingerprint density at radius 3 is 2.47 bits per heavy atom. The van der Waals surface area contributed by atoms with Crippen LogP contribution in [0.1, 0.15) is 54.0 Å². The van der Waals surface area contributed by atoms with E-state index in [-0.39, 0.29) is 29.6 Å². The Morgan fingerprint density at radius 1 is 1.13 bits per heavy atom. The molecule has 0 radical (unpaired) electrons. The molecule has 4 rings (SSSR count). The average Bonchev–Trinajstić information content (AvgIpc) is 2.89. The van der Waals surface area contributed by atoms with Crippen LogP contribution in [-0.2, 0) is 17.4 Å². The van der Waals surface area contributed by atoms with Crippen molar-refractivity contribution in [3.8, 4) is 5.75 Å². The van der Waals surface area contributed by atoms with Crippen LogP contribution in [0.4, 0.5) is 22.0 Å². The van der Waals surface area contributed by atoms with Crippen LogP contribution in [0, 0.1) is 18.6 Å². The summed E-state index contributed by atoms with van der Waals surface area (Å²) in [5.41, 5.74) is 0.260. The number of aromatic nitrogens is 3. The number of hydrogen-bond acceptors (Lipinski definition) is 6. The van der Waals surface area contributed by atoms with Crippen molar-refractivity contribution >= 4 is 11.6 Å². The van der Waals surface area contributed by atoms with Crippen molar-refractivity contribution in [3.63, 3.8) is 0 Å². The number of amides is 1. The maximum absolute atomic E-state index is 14.0. The van der Waals surface area contributed by atoms with Crippen molar-refractivity contribution in [2.45, 2.75) is 45.2 Å². The van der Waals surface area contributed by atoms with E-state index in [1.54, 1.807) is 24.9 Å². The lowest BCUT2D eigenvalue weighted by molar-refractivity contribution is -0.141. The van der Waals surface area contributed by atoms with Gasteiger partial charge in [0.1, 0.15) is 23.2 Å². The zero-order valence-electron chi connectivity index (χ0n) is 20.6. The van der Waals surface area contributed by atoms with Crippen molar-refractivity contribution in [1.29, 1.82) is 0 Å². The van der Waals surface area contributed by atoms with Crippen LogP contribution in [0.2, 0.25) is 0 Å². The van der Waals surface area contributed by atoms with Gasteiger partial charge < -0.3 is 9.74 Å². The molecule has 3 aromatic rings. The Labute approximate surface area is 215 Å². The second kappa shape index (κ2) is 11.2. The molecule has 1 aliphatic rings. The first-order chi connectivity index (χ1) is 18.0. The summed E-state index contributed by atoms with van der Waals surface area (Å²) in [5, 5.41) is 3.99. The second-order valence-electron chi connectivity index (χ2n) is 8.89. The minimum atomic E-state index is -4.62. The van der Waals surface area contributed by atoms with Crippen molar-refractivity contribution in [2.24, 2.45) is 5.16 Å². The largest absolute Gasteiger partial charge is 0.433 e. The summed E-state index contributed by atoms with van der Waals surface area (Å²) in [4.78, 5) is 31.6. The predicted molar refractivity (Wildman–Crippen MR) is 127 cm³/mol. The molecule has 2 aromatic heterocycles. The van der Waals surface area contributed by atoms with Gasteiger partial charge >= 0.3 is 6.18 Å². The molecule has 38 heavy (non-hydrogen) atoms. The van der Waals surface area contributed by atoms with E-state index in [0.29, 0.717) is 48.7 Å². The lowest BCUT2D eigenvalue weighted by atomic mass is 9.89. The molecule has 1 saturated heterocycles. The first-order valence-corrected chi connectivity index (χ1v) is 11.8. The summed E-state index contributed by atoms with van der Waals surface area (Å²) in [7, 11) is 0. The quantitative estimate of drug-likeness (QED) is 0.246. The first-order valence-electron chi connectivity index (χ1n) is 11.8. The molecule has 3 heterocycles. The van der Waals surface area contributed by atoms with Gasteiger partial charge in [0.15, 0.2) is 5.75 Å². The number of rotatable bonds is 6. The van der Waals surface area contributed by atoms with Crippen LogP contribution in [0.15, 0.2) is 47.9 Å². The number of likely N-dealkylation sites (tertiary alicyclic amines) is 1. The van der Waals surface area contributed by atoms with Crippen LogP contribution >= 0.6 is 0 Å². The van der Waals surface area contributed by atoms with Crippen molar-refractivity contribution in [1.82, 2.24) is 19.9 Å². The van der Waals surface area contributed by atoms with E-state index >= 15 is 0 Å². The summed E-state index contributed by atoms with van der Waals surface area (Å²) in [6.07, 6.45) is -1.33. The average molecular weight is 534 g/mol. The molecule has 0 N–H and O–H groups in total. The van der Waals surface area contributed by atoms with Crippen molar-refractivity contribution < 1.29 is 31.6 Å². The Morgan fingerprint density at radius 2 is 1.82 bits per heavy atom. The molecule has 200 valence electrons. The second-order valence-corrected chi connectivity index (χ2v) is 8.89. The lowest BCUT2D eigenvalue weighted by Gasteiger charge is -2.32. The zero-order chi connectivity index (χ0) is 27.4. The third kappa shape index (κ3) is 6.29. The van der Waals surface area contributed by atoms with Gasteiger partial charge in [0, 0.05) is 54.7 Å². The maximum Gasteiger partial charge on any atom is 0.433 e. The zero-order valence-corrected chi connectivity index (χ0v) is 20.6. The maximum atomic E-state index is 14.0. The summed E-state index contributed by atoms with van der Waals surface area (Å²) in [6.45, 7) is 4.09. The SMILES string of the molecule is C/C(=N\Oc1ccnc(C(F)(F)F)c1)c1cnc(C)nc1C1CCN(C(=O)Cc2c(F)cccc2F)CC1. The summed E-state index contributed by atoms with van der Waals surface area (Å²) < 4.78 is 66.7. The van der Waals surface area contributed by atoms with Gasteiger partial charge in [-0.15, -0.1) is 0 Å². The molecular formula is C26H24F5N5O2. The Balaban J connectivity index is 1.46. The molecular weight excluding hydrogens is 509 g/mol. The Hall–Kier alpha value is -3.96. The number of piperidine rings is 1. The molecule has 1 aromatic carbocycles. The molecule has 0 saturated carbocycles. The van der Waals surface area contributed by atoms with Gasteiger partial charge in [-0.25, -0.2) is 18.7 Å². The van der Waals surface area contributed by atoms with Crippen LogP contribution in [0.5, 0.6) is 5.75 Å². The normalized spacial score (nSPS) is 15.0. The number of carbonyl (C=O) groups is 1. The highest BCUT2D eigenvalue weighted by Crippen LogP contribution is 2.31. The van der Waals surface area contributed by atoms with E-state index in [1.165, 1.54) is 12.1 Å². The number of oxime groups is 1. The van der Waals surface area contributed by atoms with Gasteiger partial charge in [-0.2, -0.15) is 13.2 Å². The monoisotopic (exact) mass is 533 g/mol. The highest BCUT2D eigenvalue weighted by molar-refractivity contribution is 5.99. The molecule has 1 fully saturated rings. The van der Waals surface area contributed by atoms with Crippen LogP contribution in [0.3, 0.4) is 0 Å². The molecule has 0 unspecified atom stereocenters. The topological polar surface area (TPSA) is 80.6 Å². The minimum Gasteiger partial charge on any atom is -0.357 e. The van der Waals surface area contributed by atoms with E-state index < -0.39 is 23.5 Å². The van der Waals surface area contributed by atoms with Gasteiger partial charge in [0.05, 0.1) is 17.8 Å². The number of pyridine rings is 1. The van der Waals surface area contributed by atoms with E-state index in [9.17, 15) is 26.7 Å². The Bertz CT molecular complexity index is 1330. The fourth-order valence-electron chi connectivity index (χ4n) is 4.24. The first kappa shape index (κ1) is 27.1. The smallest absolute Gasteiger partial charge is 0.357 e. The lowest BCUT2D eigenvalue weighted by Crippen LogP contribution is -2.39. The predicted octanol–water partition coefficient (Wildman–Crippen LogP) is 5.23. The van der Waals surface area contributed by atoms with Crippen LogP contribution in [0.25, 0.3) is 0 Å². The van der Waals surface area contributed by atoms with E-state index in [0.717, 1.165) is 24.4 Å². The highest BCUT2D eigenvalue weighted by atomic mass is 19.4. The number of nitrogens with zero attached hydrogens (tertiary/aromatic N) is 5. The number of carbonyl (C=O) groups excluding carboxylic acids is 1. The van der Waals surface area contributed by atoms with Gasteiger partial charge in [0.2, 0.25) is 5.91 Å². The molecule has 0 atom stereocenters. The summed E-state index contributed by atoms with van der Waals surface area (Å²) in [5.74, 6) is -1.55. The fourth-order valence-corrected chi connectivity index (χ4v) is 4.24. The molecule has 1 amide bonds. The van der Waals surface area contributed by atoms with E-state index in [4.69, 9.17) is 4.84 Å². The number of benzene rings is 1. The number of alkyl halides is 3. The summed E-state index contributed by atoms with van der Waals surface area (Å²) >= 11 is 0. The Kier molecular flexibility index (Phi) is 7.98. The number of halogens is 5. The number of hydrogen-bond donors (Lipinski definition) is 0.